The van der Waals surface area contributed by atoms with E-state index < -0.39 is 0 Å². The van der Waals surface area contributed by atoms with Gasteiger partial charge in [-0.05, 0) is 31.6 Å². The maximum absolute atomic E-state index is 12.0. The minimum Gasteiger partial charge on any atom is -0.341 e. The van der Waals surface area contributed by atoms with Gasteiger partial charge in [0.2, 0.25) is 5.91 Å². The molecule has 0 aromatic rings. The molecule has 0 aromatic carbocycles. The number of hydrogen-bond acceptors (Lipinski definition) is 2. The van der Waals surface area contributed by atoms with Crippen molar-refractivity contribution < 1.29 is 4.79 Å². The summed E-state index contributed by atoms with van der Waals surface area (Å²) in [6.07, 6.45) is 12.2. The third-order valence-electron chi connectivity index (χ3n) is 4.11. The van der Waals surface area contributed by atoms with Crippen molar-refractivity contribution in [1.82, 2.24) is 10.6 Å². The van der Waals surface area contributed by atoms with Gasteiger partial charge in [-0.15, -0.1) is 6.42 Å². The Balaban J connectivity index is 1.87. The number of terminal acetylenes is 1. The molecule has 3 heteroatoms. The highest BCUT2D eigenvalue weighted by molar-refractivity contribution is 5.82. The summed E-state index contributed by atoms with van der Waals surface area (Å²) >= 11 is 0. The predicted molar refractivity (Wildman–Crippen MR) is 68.3 cm³/mol. The molecule has 2 aliphatic rings. The minimum atomic E-state index is -0.119. The van der Waals surface area contributed by atoms with Gasteiger partial charge < -0.3 is 10.6 Å². The quantitative estimate of drug-likeness (QED) is 0.725. The van der Waals surface area contributed by atoms with E-state index in [0.717, 1.165) is 12.8 Å². The van der Waals surface area contributed by atoms with Gasteiger partial charge in [0.15, 0.2) is 0 Å². The van der Waals surface area contributed by atoms with Gasteiger partial charge in [0.25, 0.3) is 0 Å². The maximum Gasteiger partial charge on any atom is 0.238 e. The van der Waals surface area contributed by atoms with E-state index in [4.69, 9.17) is 6.42 Å². The molecule has 94 valence electrons. The summed E-state index contributed by atoms with van der Waals surface area (Å²) in [6.45, 7) is 1.99. The van der Waals surface area contributed by atoms with Gasteiger partial charge >= 0.3 is 0 Å². The molecule has 1 aliphatic heterocycles. The molecule has 0 aromatic heterocycles. The average molecular weight is 234 g/mol. The topological polar surface area (TPSA) is 41.1 Å². The standard InChI is InChI=1S/C14H22N2O/c1-3-11(4-2)15-14(17)13-9-10-7-5-6-8-12(10)16-13/h1,10-13,16H,4-9H2,2H3,(H,15,17). The average Bonchev–Trinajstić information content (AvgIpc) is 2.79. The molecule has 0 bridgehead atoms. The third kappa shape index (κ3) is 2.81. The Bertz CT molecular complexity index is 307. The molecule has 2 rings (SSSR count). The van der Waals surface area contributed by atoms with Gasteiger partial charge in [0.1, 0.15) is 0 Å². The molecular weight excluding hydrogens is 212 g/mol. The fourth-order valence-electron chi connectivity index (χ4n) is 3.06. The first kappa shape index (κ1) is 12.4. The van der Waals surface area contributed by atoms with E-state index in [2.05, 4.69) is 16.6 Å². The van der Waals surface area contributed by atoms with Crippen LogP contribution in [0, 0.1) is 18.3 Å². The molecule has 1 heterocycles. The van der Waals surface area contributed by atoms with E-state index in [-0.39, 0.29) is 18.0 Å². The number of rotatable bonds is 3. The van der Waals surface area contributed by atoms with Crippen molar-refractivity contribution in [3.63, 3.8) is 0 Å². The highest BCUT2D eigenvalue weighted by atomic mass is 16.2. The van der Waals surface area contributed by atoms with Gasteiger partial charge in [-0.25, -0.2) is 0 Å². The van der Waals surface area contributed by atoms with Crippen molar-refractivity contribution in [2.75, 3.05) is 0 Å². The lowest BCUT2D eigenvalue weighted by atomic mass is 9.85. The number of fused-ring (bicyclic) bond motifs is 1. The van der Waals surface area contributed by atoms with Crippen molar-refractivity contribution in [1.29, 1.82) is 0 Å². The van der Waals surface area contributed by atoms with Crippen LogP contribution in [0.15, 0.2) is 0 Å². The van der Waals surface area contributed by atoms with Crippen LogP contribution >= 0.6 is 0 Å². The van der Waals surface area contributed by atoms with E-state index in [1.54, 1.807) is 0 Å². The number of amides is 1. The van der Waals surface area contributed by atoms with E-state index in [0.29, 0.717) is 12.0 Å². The normalized spacial score (nSPS) is 33.5. The van der Waals surface area contributed by atoms with Gasteiger partial charge in [0, 0.05) is 6.04 Å². The smallest absolute Gasteiger partial charge is 0.238 e. The fourth-order valence-corrected chi connectivity index (χ4v) is 3.06. The summed E-state index contributed by atoms with van der Waals surface area (Å²) in [5, 5.41) is 6.40. The Morgan fingerprint density at radius 1 is 1.53 bits per heavy atom. The van der Waals surface area contributed by atoms with Crippen LogP contribution in [0.2, 0.25) is 0 Å². The molecule has 4 unspecified atom stereocenters. The maximum atomic E-state index is 12.0. The van der Waals surface area contributed by atoms with E-state index in [1.165, 1.54) is 25.7 Å². The van der Waals surface area contributed by atoms with Crippen LogP contribution in [0.1, 0.15) is 45.4 Å². The van der Waals surface area contributed by atoms with Gasteiger partial charge in [-0.3, -0.25) is 4.79 Å². The van der Waals surface area contributed by atoms with Crippen LogP contribution in [-0.2, 0) is 4.79 Å². The Morgan fingerprint density at radius 3 is 2.94 bits per heavy atom. The van der Waals surface area contributed by atoms with Gasteiger partial charge in [-0.1, -0.05) is 25.7 Å². The summed E-state index contributed by atoms with van der Waals surface area (Å²) in [5.74, 6) is 3.40. The summed E-state index contributed by atoms with van der Waals surface area (Å²) in [7, 11) is 0. The highest BCUT2D eigenvalue weighted by Crippen LogP contribution is 2.33. The molecular formula is C14H22N2O. The molecule has 1 saturated carbocycles. The monoisotopic (exact) mass is 234 g/mol. The molecule has 0 radical (unpaired) electrons. The summed E-state index contributed by atoms with van der Waals surface area (Å²) < 4.78 is 0. The lowest BCUT2D eigenvalue weighted by Gasteiger charge is -2.24. The van der Waals surface area contributed by atoms with E-state index in [9.17, 15) is 4.79 Å². The van der Waals surface area contributed by atoms with Crippen molar-refractivity contribution in [3.8, 4) is 12.3 Å². The first-order valence-electron chi connectivity index (χ1n) is 6.77. The fraction of sp³-hybridized carbons (Fsp3) is 0.786. The molecule has 1 aliphatic carbocycles. The second kappa shape index (κ2) is 5.55. The van der Waals surface area contributed by atoms with Crippen molar-refractivity contribution in [3.05, 3.63) is 0 Å². The molecule has 2 fully saturated rings. The molecule has 3 nitrogen and oxygen atoms in total. The van der Waals surface area contributed by atoms with Crippen LogP contribution < -0.4 is 10.6 Å². The minimum absolute atomic E-state index is 0.0227. The molecule has 2 N–H and O–H groups in total. The first-order valence-corrected chi connectivity index (χ1v) is 6.77. The number of carbonyl (C=O) groups excluding carboxylic acids is 1. The Labute approximate surface area is 104 Å². The predicted octanol–water partition coefficient (Wildman–Crippen LogP) is 1.44. The van der Waals surface area contributed by atoms with E-state index >= 15 is 0 Å². The Hall–Kier alpha value is -1.01. The van der Waals surface area contributed by atoms with Crippen molar-refractivity contribution in [2.24, 2.45) is 5.92 Å². The zero-order valence-electron chi connectivity index (χ0n) is 10.5. The van der Waals surface area contributed by atoms with Crippen LogP contribution in [0.4, 0.5) is 0 Å². The molecule has 4 atom stereocenters. The largest absolute Gasteiger partial charge is 0.341 e. The summed E-state index contributed by atoms with van der Waals surface area (Å²) in [4.78, 5) is 12.0. The number of carbonyl (C=O) groups is 1. The SMILES string of the molecule is C#CC(CC)NC(=O)C1CC2CCCCC2N1. The number of hydrogen-bond donors (Lipinski definition) is 2. The van der Waals surface area contributed by atoms with Crippen LogP contribution in [-0.4, -0.2) is 24.0 Å². The Kier molecular flexibility index (Phi) is 4.06. The lowest BCUT2D eigenvalue weighted by molar-refractivity contribution is -0.123. The molecule has 0 spiro atoms. The zero-order chi connectivity index (χ0) is 12.3. The molecule has 1 amide bonds. The second-order valence-electron chi connectivity index (χ2n) is 5.24. The molecule has 1 saturated heterocycles. The van der Waals surface area contributed by atoms with E-state index in [1.807, 2.05) is 6.92 Å². The first-order chi connectivity index (χ1) is 8.24. The second-order valence-corrected chi connectivity index (χ2v) is 5.24. The van der Waals surface area contributed by atoms with Crippen molar-refractivity contribution >= 4 is 5.91 Å². The molecule has 17 heavy (non-hydrogen) atoms. The Morgan fingerprint density at radius 2 is 2.29 bits per heavy atom. The zero-order valence-corrected chi connectivity index (χ0v) is 10.5. The van der Waals surface area contributed by atoms with Gasteiger partial charge in [0.05, 0.1) is 12.1 Å². The lowest BCUT2D eigenvalue weighted by Crippen LogP contribution is -2.46. The van der Waals surface area contributed by atoms with Crippen LogP contribution in [0.5, 0.6) is 0 Å². The van der Waals surface area contributed by atoms with Gasteiger partial charge in [-0.2, -0.15) is 0 Å². The summed E-state index contributed by atoms with van der Waals surface area (Å²) in [5.41, 5.74) is 0. The summed E-state index contributed by atoms with van der Waals surface area (Å²) in [6, 6.07) is 0.419. The van der Waals surface area contributed by atoms with Crippen LogP contribution in [0.3, 0.4) is 0 Å². The third-order valence-corrected chi connectivity index (χ3v) is 4.11. The number of nitrogens with one attached hydrogen (secondary N) is 2. The van der Waals surface area contributed by atoms with Crippen molar-refractivity contribution in [2.45, 2.75) is 63.6 Å². The van der Waals surface area contributed by atoms with Crippen LogP contribution in [0.25, 0.3) is 0 Å². The highest BCUT2D eigenvalue weighted by Gasteiger charge is 2.38.